The first kappa shape index (κ1) is 10.7. The van der Waals surface area contributed by atoms with Crippen LogP contribution in [0.4, 0.5) is 4.79 Å². The van der Waals surface area contributed by atoms with Gasteiger partial charge in [0.1, 0.15) is 0 Å². The van der Waals surface area contributed by atoms with Crippen molar-refractivity contribution in [1.29, 1.82) is 0 Å². The fourth-order valence-corrected chi connectivity index (χ4v) is 3.49. The molecular formula is C8H8Cl2O2Si. The lowest BCUT2D eigenvalue weighted by atomic mass is 10.3. The molecule has 13 heavy (non-hydrogen) atoms. The summed E-state index contributed by atoms with van der Waals surface area (Å²) >= 11 is 11.7. The van der Waals surface area contributed by atoms with E-state index in [2.05, 4.69) is 0 Å². The largest absolute Gasteiger partial charge is 0.482 e. The Balaban J connectivity index is 3.50. The Morgan fingerprint density at radius 3 is 2.46 bits per heavy atom. The molecule has 0 bridgehead atoms. The molecule has 0 aliphatic carbocycles. The van der Waals surface area contributed by atoms with E-state index >= 15 is 0 Å². The summed E-state index contributed by atoms with van der Waals surface area (Å²) < 4.78 is 0. The number of carboxylic acid groups (broad SMARTS) is 1. The van der Waals surface area contributed by atoms with Gasteiger partial charge in [-0.3, -0.25) is 4.79 Å². The third kappa shape index (κ3) is 1.93. The van der Waals surface area contributed by atoms with Crippen molar-refractivity contribution in [3.8, 4) is 0 Å². The van der Waals surface area contributed by atoms with Crippen LogP contribution in [0.1, 0.15) is 10.7 Å². The summed E-state index contributed by atoms with van der Waals surface area (Å²) in [5.74, 6) is 0. The predicted octanol–water partition coefficient (Wildman–Crippen LogP) is 3.16. The first-order valence-corrected chi connectivity index (χ1v) is 5.97. The van der Waals surface area contributed by atoms with Crippen molar-refractivity contribution in [2.75, 3.05) is 0 Å². The number of hydrogen-bond acceptors (Lipinski definition) is 1. The molecule has 0 aromatic carbocycles. The van der Waals surface area contributed by atoms with E-state index in [1.807, 2.05) is 0 Å². The minimum atomic E-state index is -1.68. The van der Waals surface area contributed by atoms with Crippen molar-refractivity contribution in [3.05, 3.63) is 26.5 Å². The van der Waals surface area contributed by atoms with Gasteiger partial charge in [0.15, 0.2) is 8.40 Å². The molecule has 2 nitrogen and oxygen atoms in total. The smallest absolute Gasteiger partial charge is 0.295 e. The molecule has 0 saturated heterocycles. The molecule has 0 atom stereocenters. The van der Waals surface area contributed by atoms with Crippen LogP contribution in [-0.4, -0.2) is 19.1 Å². The maximum atomic E-state index is 10.8. The van der Waals surface area contributed by atoms with E-state index in [9.17, 15) is 4.79 Å². The van der Waals surface area contributed by atoms with Crippen LogP contribution in [0.5, 0.6) is 0 Å². The molecule has 0 amide bonds. The van der Waals surface area contributed by atoms with Gasteiger partial charge >= 0.3 is 0 Å². The highest BCUT2D eigenvalue weighted by molar-refractivity contribution is 6.84. The Morgan fingerprint density at radius 2 is 2.00 bits per heavy atom. The van der Waals surface area contributed by atoms with Crippen LogP contribution >= 0.6 is 23.2 Å². The van der Waals surface area contributed by atoms with Gasteiger partial charge in [-0.25, -0.2) is 0 Å². The summed E-state index contributed by atoms with van der Waals surface area (Å²) in [6.45, 7) is 3.58. The minimum absolute atomic E-state index is 0.362. The Bertz CT molecular complexity index is 377. The molecule has 1 N–H and O–H groups in total. The zero-order chi connectivity index (χ0) is 10.2. The lowest BCUT2D eigenvalue weighted by Gasteiger charge is -2.07. The fourth-order valence-electron chi connectivity index (χ4n) is 1.07. The highest BCUT2D eigenvalue weighted by Crippen LogP contribution is 2.27. The maximum Gasteiger partial charge on any atom is 0.295 e. The van der Waals surface area contributed by atoms with Crippen molar-refractivity contribution in [2.24, 2.45) is 0 Å². The van der Waals surface area contributed by atoms with Crippen molar-refractivity contribution in [1.82, 2.24) is 0 Å². The Labute approximate surface area is 87.6 Å². The maximum absolute atomic E-state index is 10.8. The van der Waals surface area contributed by atoms with Gasteiger partial charge in [-0.1, -0.05) is 28.4 Å². The standard InChI is InChI=1S/C8H8Cl2O2Si/c1-4-5(2)13(8(11)12)3-6(9)7(4)10/h3H,1-2H3,(H,11,12). The van der Waals surface area contributed by atoms with Crippen LogP contribution < -0.4 is 0 Å². The molecular weight excluding hydrogens is 227 g/mol. The summed E-state index contributed by atoms with van der Waals surface area (Å²) in [6, 6.07) is 0. The first-order valence-electron chi connectivity index (χ1n) is 3.63. The predicted molar refractivity (Wildman–Crippen MR) is 55.3 cm³/mol. The van der Waals surface area contributed by atoms with Crippen LogP contribution in [0.15, 0.2) is 5.68 Å². The monoisotopic (exact) mass is 234 g/mol. The second-order valence-corrected chi connectivity index (χ2v) is 5.85. The molecule has 0 aliphatic heterocycles. The highest BCUT2D eigenvalue weighted by Gasteiger charge is 2.15. The van der Waals surface area contributed by atoms with Crippen LogP contribution in [-0.2, 0) is 0 Å². The molecule has 1 heterocycles. The van der Waals surface area contributed by atoms with Crippen molar-refractivity contribution in [2.45, 2.75) is 13.8 Å². The van der Waals surface area contributed by atoms with E-state index < -0.39 is 14.0 Å². The highest BCUT2D eigenvalue weighted by atomic mass is 35.5. The zero-order valence-corrected chi connectivity index (χ0v) is 9.70. The van der Waals surface area contributed by atoms with E-state index in [0.717, 1.165) is 10.7 Å². The summed E-state index contributed by atoms with van der Waals surface area (Å²) in [5, 5.41) is 10.6. The Morgan fingerprint density at radius 1 is 1.46 bits per heavy atom. The van der Waals surface area contributed by atoms with Gasteiger partial charge in [-0.15, -0.1) is 0 Å². The number of hydrogen-bond donors (Lipinski definition) is 1. The van der Waals surface area contributed by atoms with Crippen LogP contribution in [0.25, 0.3) is 0 Å². The SMILES string of the molecule is Cc1c(Cl)c(Cl)c[si](C(=O)O)c1C. The molecule has 1 aromatic heterocycles. The molecule has 0 aliphatic rings. The molecule has 0 saturated carbocycles. The second-order valence-electron chi connectivity index (χ2n) is 2.78. The van der Waals surface area contributed by atoms with Crippen LogP contribution in [0.2, 0.25) is 10.0 Å². The van der Waals surface area contributed by atoms with Gasteiger partial charge in [0.05, 0.1) is 10.0 Å². The van der Waals surface area contributed by atoms with Gasteiger partial charge in [0.2, 0.25) is 0 Å². The van der Waals surface area contributed by atoms with Gasteiger partial charge in [-0.05, 0) is 25.1 Å². The normalized spacial score (nSPS) is 10.2. The number of carbonyl (C=O) groups is 1. The van der Waals surface area contributed by atoms with Crippen LogP contribution in [0.3, 0.4) is 0 Å². The average Bonchev–Trinajstić information content (AvgIpc) is 2.07. The van der Waals surface area contributed by atoms with E-state index in [1.165, 1.54) is 0 Å². The average molecular weight is 235 g/mol. The van der Waals surface area contributed by atoms with Gasteiger partial charge in [-0.2, -0.15) is 0 Å². The summed E-state index contributed by atoms with van der Waals surface area (Å²) in [6.07, 6.45) is 0. The Hall–Kier alpha value is -0.383. The fraction of sp³-hybridized carbons (Fsp3) is 0.250. The first-order chi connectivity index (χ1) is 5.95. The van der Waals surface area contributed by atoms with E-state index in [1.54, 1.807) is 19.5 Å². The van der Waals surface area contributed by atoms with Crippen molar-refractivity contribution < 1.29 is 9.90 Å². The van der Waals surface area contributed by atoms with Crippen LogP contribution in [0, 0.1) is 13.8 Å². The van der Waals surface area contributed by atoms with Gasteiger partial charge in [0.25, 0.3) is 5.59 Å². The lowest BCUT2D eigenvalue weighted by Crippen LogP contribution is -2.14. The number of halogens is 2. The molecule has 0 fully saturated rings. The van der Waals surface area contributed by atoms with Crippen molar-refractivity contribution in [3.63, 3.8) is 0 Å². The number of rotatable bonds is 1. The third-order valence-electron chi connectivity index (χ3n) is 2.01. The van der Waals surface area contributed by atoms with Crippen molar-refractivity contribution >= 4 is 37.2 Å². The lowest BCUT2D eigenvalue weighted by molar-refractivity contribution is 0.219. The third-order valence-corrected chi connectivity index (χ3v) is 5.29. The second kappa shape index (κ2) is 3.78. The molecule has 0 radical (unpaired) electrons. The summed E-state index contributed by atoms with van der Waals surface area (Å²) in [4.78, 5) is 10.8. The van der Waals surface area contributed by atoms with Gasteiger partial charge < -0.3 is 5.11 Å². The van der Waals surface area contributed by atoms with E-state index in [4.69, 9.17) is 28.3 Å². The topological polar surface area (TPSA) is 37.3 Å². The van der Waals surface area contributed by atoms with E-state index in [0.29, 0.717) is 10.0 Å². The Kier molecular flexibility index (Phi) is 3.11. The molecule has 0 unspecified atom stereocenters. The molecule has 5 heteroatoms. The quantitative estimate of drug-likeness (QED) is 0.759. The minimum Gasteiger partial charge on any atom is -0.482 e. The molecule has 70 valence electrons. The van der Waals surface area contributed by atoms with Gasteiger partial charge in [0, 0.05) is 0 Å². The molecule has 1 rings (SSSR count). The molecule has 0 spiro atoms. The summed E-state index contributed by atoms with van der Waals surface area (Å²) in [5.41, 5.74) is 1.55. The van der Waals surface area contributed by atoms with E-state index in [-0.39, 0.29) is 0 Å². The molecule has 1 aromatic rings. The zero-order valence-electron chi connectivity index (χ0n) is 7.19. The summed E-state index contributed by atoms with van der Waals surface area (Å²) in [7, 11) is -1.68.